The van der Waals surface area contributed by atoms with Gasteiger partial charge in [-0.05, 0) is 14.1 Å². The van der Waals surface area contributed by atoms with Crippen molar-refractivity contribution in [2.24, 2.45) is 5.73 Å². The Kier molecular flexibility index (Phi) is 5.11. The van der Waals surface area contributed by atoms with Crippen molar-refractivity contribution >= 4 is 15.2 Å². The predicted molar refractivity (Wildman–Crippen MR) is 54.2 cm³/mol. The van der Waals surface area contributed by atoms with E-state index in [0.717, 1.165) is 0 Å². The highest BCUT2D eigenvalue weighted by atomic mass is 31.2. The predicted octanol–water partition coefficient (Wildman–Crippen LogP) is -1.10. The maximum Gasteiger partial charge on any atom is 0.340 e. The molecule has 0 bridgehead atoms. The van der Waals surface area contributed by atoms with Crippen LogP contribution in [-0.4, -0.2) is 50.1 Å². The summed E-state index contributed by atoms with van der Waals surface area (Å²) in [5.41, 5.74) is 5.45. The van der Waals surface area contributed by atoms with Gasteiger partial charge in [0.15, 0.2) is 5.40 Å². The van der Waals surface area contributed by atoms with Crippen LogP contribution in [0.15, 0.2) is 0 Å². The van der Waals surface area contributed by atoms with Gasteiger partial charge in [0.2, 0.25) is 0 Å². The largest absolute Gasteiger partial charge is 0.340 e. The third-order valence-electron chi connectivity index (χ3n) is 1.89. The minimum Gasteiger partial charge on any atom is -0.324 e. The summed E-state index contributed by atoms with van der Waals surface area (Å²) in [5, 5.41) is -2.04. The fourth-order valence-corrected chi connectivity index (χ4v) is 3.45. The Morgan fingerprint density at radius 3 is 1.67 bits per heavy atom. The first-order chi connectivity index (χ1) is 6.46. The number of nitrogens with two attached hydrogens (primary N) is 1. The van der Waals surface area contributed by atoms with Gasteiger partial charge in [-0.2, -0.15) is 0 Å². The van der Waals surface area contributed by atoms with E-state index < -0.39 is 33.2 Å². The van der Waals surface area contributed by atoms with Gasteiger partial charge in [-0.25, -0.2) is 0 Å². The Morgan fingerprint density at radius 2 is 1.47 bits per heavy atom. The molecule has 1 atom stereocenters. The third kappa shape index (κ3) is 5.19. The lowest BCUT2D eigenvalue weighted by molar-refractivity contribution is 0.269. The Hall–Kier alpha value is 0.220. The summed E-state index contributed by atoms with van der Waals surface area (Å²) in [6, 6.07) is 0. The van der Waals surface area contributed by atoms with E-state index in [1.54, 1.807) is 14.1 Å². The van der Waals surface area contributed by atoms with Crippen molar-refractivity contribution in [1.82, 2.24) is 4.90 Å². The van der Waals surface area contributed by atoms with E-state index in [1.165, 1.54) is 4.90 Å². The minimum atomic E-state index is -4.86. The topological polar surface area (TPSA) is 144 Å². The average molecular weight is 262 g/mol. The molecule has 0 heterocycles. The smallest absolute Gasteiger partial charge is 0.324 e. The van der Waals surface area contributed by atoms with Crippen molar-refractivity contribution in [1.29, 1.82) is 0 Å². The first-order valence-corrected chi connectivity index (χ1v) is 7.35. The van der Waals surface area contributed by atoms with Gasteiger partial charge in [0, 0.05) is 6.42 Å². The van der Waals surface area contributed by atoms with Crippen LogP contribution in [0, 0.1) is 0 Å². The lowest BCUT2D eigenvalue weighted by Crippen LogP contribution is -2.39. The van der Waals surface area contributed by atoms with Crippen molar-refractivity contribution < 1.29 is 28.7 Å². The molecule has 0 radical (unpaired) electrons. The molecule has 0 aromatic rings. The summed E-state index contributed by atoms with van der Waals surface area (Å²) in [7, 11) is -6.64. The van der Waals surface area contributed by atoms with Crippen LogP contribution >= 0.6 is 15.2 Å². The van der Waals surface area contributed by atoms with Gasteiger partial charge in [0.25, 0.3) is 0 Å². The molecule has 0 fully saturated rings. The molecule has 0 spiro atoms. The van der Waals surface area contributed by atoms with Crippen LogP contribution < -0.4 is 5.73 Å². The quantitative estimate of drug-likeness (QED) is 0.310. The van der Waals surface area contributed by atoms with E-state index >= 15 is 0 Å². The zero-order valence-electron chi connectivity index (χ0n) is 8.39. The molecule has 0 saturated heterocycles. The van der Waals surface area contributed by atoms with Crippen LogP contribution in [0.4, 0.5) is 0 Å². The minimum absolute atomic E-state index is 0.471. The van der Waals surface area contributed by atoms with Crippen LogP contribution in [0.1, 0.15) is 6.42 Å². The molecule has 0 saturated carbocycles. The molecular weight excluding hydrogens is 246 g/mol. The molecule has 0 aliphatic heterocycles. The summed E-state index contributed by atoms with van der Waals surface area (Å²) < 4.78 is 21.7. The summed E-state index contributed by atoms with van der Waals surface area (Å²) in [5.74, 6) is 0. The molecule has 0 aromatic carbocycles. The Labute approximate surface area is 87.4 Å². The molecule has 10 heteroatoms. The van der Waals surface area contributed by atoms with Gasteiger partial charge in [-0.1, -0.05) is 0 Å². The van der Waals surface area contributed by atoms with E-state index in [4.69, 9.17) is 25.3 Å². The van der Waals surface area contributed by atoms with E-state index in [-0.39, 0.29) is 0 Å². The summed E-state index contributed by atoms with van der Waals surface area (Å²) in [6.07, 6.45) is -1.29. The lowest BCUT2D eigenvalue weighted by Gasteiger charge is -2.26. The van der Waals surface area contributed by atoms with Crippen molar-refractivity contribution in [3.8, 4) is 0 Å². The fourth-order valence-electron chi connectivity index (χ4n) is 0.897. The van der Waals surface area contributed by atoms with Crippen LogP contribution in [0.3, 0.4) is 0 Å². The first-order valence-electron chi connectivity index (χ1n) is 3.98. The van der Waals surface area contributed by atoms with Crippen molar-refractivity contribution in [2.75, 3.05) is 14.1 Å². The maximum absolute atomic E-state index is 10.9. The standard InChI is InChI=1S/C5H16N2O6P2/c1-7(2)4(6)3-5(14(8,9)10)15(11,12)13/h4-5H,3,6H2,1-2H3,(H2,8,9,10)(H2,11,12,13). The van der Waals surface area contributed by atoms with E-state index in [2.05, 4.69) is 0 Å². The highest BCUT2D eigenvalue weighted by Gasteiger charge is 2.44. The van der Waals surface area contributed by atoms with Crippen LogP contribution in [0.2, 0.25) is 0 Å². The maximum atomic E-state index is 10.9. The molecule has 15 heavy (non-hydrogen) atoms. The van der Waals surface area contributed by atoms with Gasteiger partial charge in [-0.15, -0.1) is 0 Å². The average Bonchev–Trinajstić information content (AvgIpc) is 1.94. The Morgan fingerprint density at radius 1 is 1.13 bits per heavy atom. The molecule has 0 aliphatic rings. The summed E-state index contributed by atoms with van der Waals surface area (Å²) in [4.78, 5) is 36.6. The number of rotatable bonds is 5. The summed E-state index contributed by atoms with van der Waals surface area (Å²) in [6.45, 7) is 0. The third-order valence-corrected chi connectivity index (χ3v) is 5.67. The van der Waals surface area contributed by atoms with Crippen LogP contribution in [-0.2, 0) is 9.13 Å². The molecule has 92 valence electrons. The molecule has 0 rings (SSSR count). The van der Waals surface area contributed by atoms with Gasteiger partial charge in [0.1, 0.15) is 0 Å². The van der Waals surface area contributed by atoms with E-state index in [0.29, 0.717) is 0 Å². The molecular formula is C5H16N2O6P2. The second-order valence-corrected chi connectivity index (χ2v) is 7.44. The van der Waals surface area contributed by atoms with Crippen molar-refractivity contribution in [3.05, 3.63) is 0 Å². The monoisotopic (exact) mass is 262 g/mol. The highest BCUT2D eigenvalue weighted by Crippen LogP contribution is 2.61. The zero-order valence-corrected chi connectivity index (χ0v) is 10.2. The Balaban J connectivity index is 4.86. The van der Waals surface area contributed by atoms with Crippen molar-refractivity contribution in [2.45, 2.75) is 18.0 Å². The van der Waals surface area contributed by atoms with Crippen LogP contribution in [0.25, 0.3) is 0 Å². The van der Waals surface area contributed by atoms with Gasteiger partial charge in [0.05, 0.1) is 6.17 Å². The number of hydrogen-bond acceptors (Lipinski definition) is 4. The van der Waals surface area contributed by atoms with E-state index in [9.17, 15) is 9.13 Å². The molecule has 0 aliphatic carbocycles. The number of hydrogen-bond donors (Lipinski definition) is 5. The Bertz CT molecular complexity index is 274. The number of nitrogens with zero attached hydrogens (tertiary/aromatic N) is 1. The second-order valence-electron chi connectivity index (χ2n) is 3.43. The zero-order chi connectivity index (χ0) is 12.4. The van der Waals surface area contributed by atoms with Gasteiger partial charge < -0.3 is 25.3 Å². The first kappa shape index (κ1) is 15.2. The normalized spacial score (nSPS) is 16.1. The second kappa shape index (κ2) is 5.03. The highest BCUT2D eigenvalue weighted by molar-refractivity contribution is 7.70. The summed E-state index contributed by atoms with van der Waals surface area (Å²) >= 11 is 0. The fraction of sp³-hybridized carbons (Fsp3) is 1.00. The molecule has 6 N–H and O–H groups in total. The van der Waals surface area contributed by atoms with Crippen LogP contribution in [0.5, 0.6) is 0 Å². The van der Waals surface area contributed by atoms with Gasteiger partial charge in [-0.3, -0.25) is 14.0 Å². The molecule has 8 nitrogen and oxygen atoms in total. The lowest BCUT2D eigenvalue weighted by atomic mass is 10.4. The molecule has 0 amide bonds. The molecule has 1 unspecified atom stereocenters. The SMILES string of the molecule is CN(C)C(N)CC(P(=O)(O)O)P(=O)(O)O. The van der Waals surface area contributed by atoms with Crippen molar-refractivity contribution in [3.63, 3.8) is 0 Å². The molecule has 0 aromatic heterocycles. The van der Waals surface area contributed by atoms with Gasteiger partial charge >= 0.3 is 15.2 Å². The van der Waals surface area contributed by atoms with E-state index in [1.807, 2.05) is 0 Å².